The molecule has 1 N–H and O–H groups in total. The van der Waals surface area contributed by atoms with Gasteiger partial charge in [-0.05, 0) is 48.5 Å². The highest BCUT2D eigenvalue weighted by molar-refractivity contribution is 7.89. The van der Waals surface area contributed by atoms with Gasteiger partial charge < -0.3 is 14.8 Å². The second kappa shape index (κ2) is 10.4. The maximum atomic E-state index is 12.7. The molecule has 0 radical (unpaired) electrons. The largest absolute Gasteiger partial charge is 0.497 e. The van der Waals surface area contributed by atoms with Crippen molar-refractivity contribution in [1.82, 2.24) is 4.31 Å². The molecule has 7 nitrogen and oxygen atoms in total. The van der Waals surface area contributed by atoms with Crippen molar-refractivity contribution in [3.05, 3.63) is 73.8 Å². The van der Waals surface area contributed by atoms with E-state index in [2.05, 4.69) is 18.5 Å². The number of hydrogen-bond acceptors (Lipinski definition) is 5. The number of rotatable bonds is 11. The van der Waals surface area contributed by atoms with Crippen molar-refractivity contribution in [2.24, 2.45) is 0 Å². The molecule has 8 heteroatoms. The van der Waals surface area contributed by atoms with Gasteiger partial charge in [-0.15, -0.1) is 13.2 Å². The number of anilines is 1. The standard InChI is InChI=1S/C21H24N2O5S/c1-4-14-23(15-5-2)29(25,26)20-12-6-17(7-13-20)22-21(24)16-28-19-10-8-18(27-3)9-11-19/h4-13H,1-2,14-16H2,3H3,(H,22,24). The zero-order chi connectivity index (χ0) is 21.3. The smallest absolute Gasteiger partial charge is 0.262 e. The van der Waals surface area contributed by atoms with E-state index in [1.165, 1.54) is 40.7 Å². The van der Waals surface area contributed by atoms with Crippen LogP contribution >= 0.6 is 0 Å². The van der Waals surface area contributed by atoms with Crippen molar-refractivity contribution < 1.29 is 22.7 Å². The van der Waals surface area contributed by atoms with Gasteiger partial charge in [0.1, 0.15) is 11.5 Å². The Kier molecular flexibility index (Phi) is 7.99. The highest BCUT2D eigenvalue weighted by Gasteiger charge is 2.22. The minimum Gasteiger partial charge on any atom is -0.497 e. The van der Waals surface area contributed by atoms with Gasteiger partial charge >= 0.3 is 0 Å². The first-order chi connectivity index (χ1) is 13.9. The maximum absolute atomic E-state index is 12.7. The molecule has 0 aliphatic carbocycles. The molecule has 154 valence electrons. The fourth-order valence-corrected chi connectivity index (χ4v) is 3.82. The lowest BCUT2D eigenvalue weighted by Crippen LogP contribution is -2.31. The summed E-state index contributed by atoms with van der Waals surface area (Å²) in [5, 5.41) is 2.66. The molecule has 0 bridgehead atoms. The Balaban J connectivity index is 1.97. The Bertz CT molecular complexity index is 928. The van der Waals surface area contributed by atoms with E-state index in [9.17, 15) is 13.2 Å². The van der Waals surface area contributed by atoms with E-state index in [4.69, 9.17) is 9.47 Å². The van der Waals surface area contributed by atoms with Crippen molar-refractivity contribution in [1.29, 1.82) is 0 Å². The minimum atomic E-state index is -3.68. The van der Waals surface area contributed by atoms with E-state index < -0.39 is 10.0 Å². The summed E-state index contributed by atoms with van der Waals surface area (Å²) in [6, 6.07) is 12.8. The molecule has 1 amide bonds. The predicted molar refractivity (Wildman–Crippen MR) is 113 cm³/mol. The maximum Gasteiger partial charge on any atom is 0.262 e. The molecule has 2 aromatic rings. The summed E-state index contributed by atoms with van der Waals surface area (Å²) < 4.78 is 37.1. The number of ether oxygens (including phenoxy) is 2. The third-order valence-corrected chi connectivity index (χ3v) is 5.72. The lowest BCUT2D eigenvalue weighted by atomic mass is 10.3. The average molecular weight is 416 g/mol. The van der Waals surface area contributed by atoms with Gasteiger partial charge in [-0.2, -0.15) is 4.31 Å². The molecule has 0 aliphatic heterocycles. The predicted octanol–water partition coefficient (Wildman–Crippen LogP) is 3.08. The molecule has 0 saturated heterocycles. The van der Waals surface area contributed by atoms with Gasteiger partial charge in [0.15, 0.2) is 6.61 Å². The normalized spacial score (nSPS) is 11.0. The number of nitrogens with zero attached hydrogens (tertiary/aromatic N) is 1. The molecule has 0 saturated carbocycles. The molecule has 29 heavy (non-hydrogen) atoms. The summed E-state index contributed by atoms with van der Waals surface area (Å²) in [5.74, 6) is 0.861. The number of methoxy groups -OCH3 is 1. The number of amides is 1. The zero-order valence-electron chi connectivity index (χ0n) is 16.2. The number of nitrogens with one attached hydrogen (secondary N) is 1. The van der Waals surface area contributed by atoms with Crippen LogP contribution in [0.25, 0.3) is 0 Å². The van der Waals surface area contributed by atoms with Gasteiger partial charge in [0.25, 0.3) is 5.91 Å². The molecular formula is C21H24N2O5S. The topological polar surface area (TPSA) is 84.9 Å². The van der Waals surface area contributed by atoms with Gasteiger partial charge in [0.05, 0.1) is 12.0 Å². The lowest BCUT2D eigenvalue weighted by Gasteiger charge is -2.19. The van der Waals surface area contributed by atoms with Crippen LogP contribution in [0, 0.1) is 0 Å². The molecule has 0 aliphatic rings. The molecule has 0 unspecified atom stereocenters. The highest BCUT2D eigenvalue weighted by Crippen LogP contribution is 2.19. The third-order valence-electron chi connectivity index (χ3n) is 3.87. The van der Waals surface area contributed by atoms with E-state index in [-0.39, 0.29) is 30.5 Å². The zero-order valence-corrected chi connectivity index (χ0v) is 17.0. The molecule has 2 aromatic carbocycles. The van der Waals surface area contributed by atoms with Crippen molar-refractivity contribution in [2.75, 3.05) is 32.1 Å². The van der Waals surface area contributed by atoms with Crippen LogP contribution in [0.1, 0.15) is 0 Å². The summed E-state index contributed by atoms with van der Waals surface area (Å²) in [6.07, 6.45) is 3.02. The number of carbonyl (C=O) groups is 1. The quantitative estimate of drug-likeness (QED) is 0.569. The first-order valence-electron chi connectivity index (χ1n) is 8.79. The summed E-state index contributed by atoms with van der Waals surface area (Å²) in [5.41, 5.74) is 0.464. The fourth-order valence-electron chi connectivity index (χ4n) is 2.44. The van der Waals surface area contributed by atoms with Crippen molar-refractivity contribution in [3.63, 3.8) is 0 Å². The Morgan fingerprint density at radius 1 is 1.00 bits per heavy atom. The summed E-state index contributed by atoms with van der Waals surface area (Å²) in [4.78, 5) is 12.2. The Labute approximate surface area is 171 Å². The van der Waals surface area contributed by atoms with Gasteiger partial charge in [-0.1, -0.05) is 12.2 Å². The van der Waals surface area contributed by atoms with E-state index in [0.717, 1.165) is 0 Å². The molecule has 2 rings (SSSR count). The van der Waals surface area contributed by atoms with E-state index in [1.54, 1.807) is 31.4 Å². The third kappa shape index (κ3) is 6.20. The van der Waals surface area contributed by atoms with Crippen LogP contribution in [0.15, 0.2) is 78.7 Å². The highest BCUT2D eigenvalue weighted by atomic mass is 32.2. The molecule has 0 aromatic heterocycles. The van der Waals surface area contributed by atoms with Gasteiger partial charge in [0, 0.05) is 18.8 Å². The fraction of sp³-hybridized carbons (Fsp3) is 0.190. The number of benzene rings is 2. The average Bonchev–Trinajstić information content (AvgIpc) is 2.73. The van der Waals surface area contributed by atoms with E-state index in [0.29, 0.717) is 17.2 Å². The van der Waals surface area contributed by atoms with Gasteiger partial charge in [-0.3, -0.25) is 4.79 Å². The van der Waals surface area contributed by atoms with E-state index >= 15 is 0 Å². The minimum absolute atomic E-state index is 0.119. The monoisotopic (exact) mass is 416 g/mol. The molecular weight excluding hydrogens is 392 g/mol. The first kappa shape index (κ1) is 22.2. The van der Waals surface area contributed by atoms with Crippen LogP contribution in [-0.2, 0) is 14.8 Å². The van der Waals surface area contributed by atoms with Crippen LogP contribution in [0.3, 0.4) is 0 Å². The van der Waals surface area contributed by atoms with Crippen LogP contribution in [0.2, 0.25) is 0 Å². The van der Waals surface area contributed by atoms with Crippen LogP contribution < -0.4 is 14.8 Å². The number of hydrogen-bond donors (Lipinski definition) is 1. The van der Waals surface area contributed by atoms with Crippen molar-refractivity contribution >= 4 is 21.6 Å². The molecule has 0 heterocycles. The van der Waals surface area contributed by atoms with Crippen LogP contribution in [-0.4, -0.2) is 45.4 Å². The molecule has 0 spiro atoms. The van der Waals surface area contributed by atoms with Crippen molar-refractivity contribution in [2.45, 2.75) is 4.90 Å². The summed E-state index contributed by atoms with van der Waals surface area (Å²) in [6.45, 7) is 7.33. The van der Waals surface area contributed by atoms with E-state index in [1.807, 2.05) is 0 Å². The summed E-state index contributed by atoms with van der Waals surface area (Å²) >= 11 is 0. The number of carbonyl (C=O) groups excluding carboxylic acids is 1. The van der Waals surface area contributed by atoms with Crippen LogP contribution in [0.5, 0.6) is 11.5 Å². The Morgan fingerprint density at radius 3 is 2.07 bits per heavy atom. The lowest BCUT2D eigenvalue weighted by molar-refractivity contribution is -0.118. The number of sulfonamides is 1. The molecule has 0 fully saturated rings. The SMILES string of the molecule is C=CCN(CC=C)S(=O)(=O)c1ccc(NC(=O)COc2ccc(OC)cc2)cc1. The second-order valence-corrected chi connectivity index (χ2v) is 7.87. The van der Waals surface area contributed by atoms with Gasteiger partial charge in [-0.25, -0.2) is 8.42 Å². The summed E-state index contributed by atoms with van der Waals surface area (Å²) in [7, 11) is -2.11. The second-order valence-electron chi connectivity index (χ2n) is 5.94. The van der Waals surface area contributed by atoms with Crippen molar-refractivity contribution in [3.8, 4) is 11.5 Å². The molecule has 0 atom stereocenters. The first-order valence-corrected chi connectivity index (χ1v) is 10.2. The Hall–Kier alpha value is -3.10. The van der Waals surface area contributed by atoms with Crippen LogP contribution in [0.4, 0.5) is 5.69 Å². The Morgan fingerprint density at radius 2 is 1.55 bits per heavy atom. The van der Waals surface area contributed by atoms with Gasteiger partial charge in [0.2, 0.25) is 10.0 Å².